The zero-order valence-corrected chi connectivity index (χ0v) is 15.0. The van der Waals surface area contributed by atoms with Gasteiger partial charge in [-0.25, -0.2) is 0 Å². The van der Waals surface area contributed by atoms with Crippen LogP contribution < -0.4 is 5.73 Å². The summed E-state index contributed by atoms with van der Waals surface area (Å²) in [6, 6.07) is 23.3. The van der Waals surface area contributed by atoms with Gasteiger partial charge in [-0.1, -0.05) is 60.7 Å². The van der Waals surface area contributed by atoms with E-state index in [1.165, 1.54) is 0 Å². The van der Waals surface area contributed by atoms with Crippen molar-refractivity contribution in [3.05, 3.63) is 89.6 Å². The van der Waals surface area contributed by atoms with Crippen molar-refractivity contribution in [2.24, 2.45) is 5.73 Å². The molecule has 0 aliphatic carbocycles. The number of hydrogen-bond donors (Lipinski definition) is 2. The smallest absolute Gasteiger partial charge is 0.251 e. The van der Waals surface area contributed by atoms with Crippen LogP contribution in [0.3, 0.4) is 0 Å². The molecule has 4 heteroatoms. The molecule has 0 atom stereocenters. The van der Waals surface area contributed by atoms with Crippen molar-refractivity contribution < 1.29 is 9.90 Å². The first-order chi connectivity index (χ1) is 13.1. The summed E-state index contributed by atoms with van der Waals surface area (Å²) in [6.45, 7) is 2.51. The van der Waals surface area contributed by atoms with Crippen molar-refractivity contribution >= 4 is 16.8 Å². The lowest BCUT2D eigenvalue weighted by molar-refractivity contribution is 0.100. The Morgan fingerprint density at radius 1 is 1.00 bits per heavy atom. The van der Waals surface area contributed by atoms with E-state index in [1.807, 2.05) is 73.7 Å². The van der Waals surface area contributed by atoms with Gasteiger partial charge in [0.25, 0.3) is 5.91 Å². The zero-order valence-electron chi connectivity index (χ0n) is 15.0. The van der Waals surface area contributed by atoms with Gasteiger partial charge in [0.05, 0.1) is 11.1 Å². The average Bonchev–Trinajstić information content (AvgIpc) is 2.93. The minimum Gasteiger partial charge on any atom is -0.507 e. The maximum Gasteiger partial charge on any atom is 0.251 e. The van der Waals surface area contributed by atoms with Gasteiger partial charge in [0.15, 0.2) is 0 Å². The fourth-order valence-corrected chi connectivity index (χ4v) is 3.64. The summed E-state index contributed by atoms with van der Waals surface area (Å²) in [5, 5.41) is 11.3. The predicted octanol–water partition coefficient (Wildman–Crippen LogP) is 4.47. The quantitative estimate of drug-likeness (QED) is 0.566. The molecule has 1 aromatic heterocycles. The number of aromatic hydroxyl groups is 1. The Morgan fingerprint density at radius 3 is 2.26 bits per heavy atom. The molecule has 0 spiro atoms. The number of carbonyl (C=O) groups is 1. The van der Waals surface area contributed by atoms with E-state index < -0.39 is 5.91 Å². The summed E-state index contributed by atoms with van der Waals surface area (Å²) in [4.78, 5) is 12.1. The van der Waals surface area contributed by atoms with Crippen molar-refractivity contribution in [3.8, 4) is 16.9 Å². The number of fused-ring (bicyclic) bond motifs is 1. The number of phenolic OH excluding ortho intramolecular Hbond substituents is 1. The number of nitrogens with two attached hydrogens (primary N) is 1. The summed E-state index contributed by atoms with van der Waals surface area (Å²) >= 11 is 0. The van der Waals surface area contributed by atoms with Crippen molar-refractivity contribution in [3.63, 3.8) is 0 Å². The van der Waals surface area contributed by atoms with Crippen LogP contribution in [-0.2, 0) is 6.54 Å². The van der Waals surface area contributed by atoms with Gasteiger partial charge in [0.2, 0.25) is 0 Å². The fraction of sp³-hybridized carbons (Fsp3) is 0.0870. The van der Waals surface area contributed by atoms with Crippen LogP contribution in [0.15, 0.2) is 72.8 Å². The third-order valence-corrected chi connectivity index (χ3v) is 4.96. The Labute approximate surface area is 157 Å². The highest BCUT2D eigenvalue weighted by molar-refractivity contribution is 6.09. The third kappa shape index (κ3) is 2.95. The molecule has 4 aromatic rings. The number of hydrogen-bond acceptors (Lipinski definition) is 2. The van der Waals surface area contributed by atoms with Gasteiger partial charge in [-0.3, -0.25) is 4.79 Å². The Morgan fingerprint density at radius 2 is 1.63 bits per heavy atom. The maximum atomic E-state index is 12.1. The number of rotatable bonds is 4. The second-order valence-corrected chi connectivity index (χ2v) is 6.65. The number of nitrogens with zero attached hydrogens (tertiary/aromatic N) is 1. The largest absolute Gasteiger partial charge is 0.507 e. The summed E-state index contributed by atoms with van der Waals surface area (Å²) in [5.74, 6) is -0.357. The zero-order chi connectivity index (χ0) is 19.0. The normalized spacial score (nSPS) is 11.0. The highest BCUT2D eigenvalue weighted by Gasteiger charge is 2.20. The summed E-state index contributed by atoms with van der Waals surface area (Å²) in [7, 11) is 0. The molecule has 27 heavy (non-hydrogen) atoms. The van der Waals surface area contributed by atoms with Gasteiger partial charge >= 0.3 is 0 Å². The van der Waals surface area contributed by atoms with E-state index in [0.717, 1.165) is 27.9 Å². The first kappa shape index (κ1) is 16.9. The van der Waals surface area contributed by atoms with Crippen molar-refractivity contribution in [1.82, 2.24) is 4.57 Å². The Hall–Kier alpha value is -3.53. The van der Waals surface area contributed by atoms with Gasteiger partial charge in [0, 0.05) is 23.2 Å². The Kier molecular flexibility index (Phi) is 4.16. The SMILES string of the molecule is Cc1c(C(N)=O)c2cc(O)c(-c3ccccc3)cc2n1Cc1ccccc1. The molecule has 0 aliphatic heterocycles. The Bertz CT molecular complexity index is 1130. The second-order valence-electron chi connectivity index (χ2n) is 6.65. The fourth-order valence-electron chi connectivity index (χ4n) is 3.64. The van der Waals surface area contributed by atoms with E-state index >= 15 is 0 Å². The molecule has 0 unspecified atom stereocenters. The molecule has 3 N–H and O–H groups in total. The summed E-state index contributed by atoms with van der Waals surface area (Å²) in [6.07, 6.45) is 0. The molecule has 0 saturated heterocycles. The molecule has 3 aromatic carbocycles. The molecular formula is C23H20N2O2. The highest BCUT2D eigenvalue weighted by atomic mass is 16.3. The van der Waals surface area contributed by atoms with Gasteiger partial charge in [0.1, 0.15) is 5.75 Å². The number of carbonyl (C=O) groups excluding carboxylic acids is 1. The minimum absolute atomic E-state index is 0.132. The van der Waals surface area contributed by atoms with Gasteiger partial charge < -0.3 is 15.4 Å². The minimum atomic E-state index is -0.490. The monoisotopic (exact) mass is 356 g/mol. The van der Waals surface area contributed by atoms with E-state index in [4.69, 9.17) is 5.73 Å². The van der Waals surface area contributed by atoms with Crippen LogP contribution in [0.5, 0.6) is 5.75 Å². The highest BCUT2D eigenvalue weighted by Crippen LogP contribution is 2.37. The predicted molar refractivity (Wildman–Crippen MR) is 108 cm³/mol. The molecule has 4 rings (SSSR count). The van der Waals surface area contributed by atoms with Crippen LogP contribution in [0.4, 0.5) is 0 Å². The van der Waals surface area contributed by atoms with Crippen molar-refractivity contribution in [1.29, 1.82) is 0 Å². The van der Waals surface area contributed by atoms with Gasteiger partial charge in [-0.05, 0) is 30.2 Å². The maximum absolute atomic E-state index is 12.1. The molecule has 0 bridgehead atoms. The standard InChI is InChI=1S/C23H20N2O2/c1-15-22(23(24)27)19-13-21(26)18(17-10-6-3-7-11-17)12-20(19)25(15)14-16-8-4-2-5-9-16/h2-13,26H,14H2,1H3,(H2,24,27). The molecule has 0 fully saturated rings. The molecule has 0 aliphatic rings. The Balaban J connectivity index is 1.98. The van der Waals surface area contributed by atoms with Crippen LogP contribution in [0.2, 0.25) is 0 Å². The summed E-state index contributed by atoms with van der Waals surface area (Å²) in [5.41, 5.74) is 10.6. The van der Waals surface area contributed by atoms with Crippen LogP contribution in [-0.4, -0.2) is 15.6 Å². The molecule has 0 saturated carbocycles. The van der Waals surface area contributed by atoms with Crippen molar-refractivity contribution in [2.45, 2.75) is 13.5 Å². The lowest BCUT2D eigenvalue weighted by atomic mass is 10.0. The van der Waals surface area contributed by atoms with Crippen LogP contribution in [0.1, 0.15) is 21.6 Å². The number of primary amides is 1. The van der Waals surface area contributed by atoms with E-state index in [0.29, 0.717) is 17.5 Å². The first-order valence-electron chi connectivity index (χ1n) is 8.81. The number of phenols is 1. The molecular weight excluding hydrogens is 336 g/mol. The van der Waals surface area contributed by atoms with E-state index in [9.17, 15) is 9.90 Å². The first-order valence-corrected chi connectivity index (χ1v) is 8.81. The van der Waals surface area contributed by atoms with Crippen LogP contribution >= 0.6 is 0 Å². The average molecular weight is 356 g/mol. The van der Waals surface area contributed by atoms with Gasteiger partial charge in [-0.15, -0.1) is 0 Å². The number of aromatic nitrogens is 1. The third-order valence-electron chi connectivity index (χ3n) is 4.96. The molecule has 1 heterocycles. The molecule has 1 amide bonds. The van der Waals surface area contributed by atoms with E-state index in [1.54, 1.807) is 6.07 Å². The molecule has 134 valence electrons. The topological polar surface area (TPSA) is 68.2 Å². The molecule has 0 radical (unpaired) electrons. The van der Waals surface area contributed by atoms with Crippen LogP contribution in [0.25, 0.3) is 22.0 Å². The van der Waals surface area contributed by atoms with Crippen LogP contribution in [0, 0.1) is 6.92 Å². The van der Waals surface area contributed by atoms with Crippen molar-refractivity contribution in [2.75, 3.05) is 0 Å². The lowest BCUT2D eigenvalue weighted by Gasteiger charge is -2.11. The number of benzene rings is 3. The lowest BCUT2D eigenvalue weighted by Crippen LogP contribution is -2.13. The molecule has 4 nitrogen and oxygen atoms in total. The second kappa shape index (κ2) is 6.65. The van der Waals surface area contributed by atoms with E-state index in [-0.39, 0.29) is 5.75 Å². The van der Waals surface area contributed by atoms with E-state index in [2.05, 4.69) is 4.57 Å². The summed E-state index contributed by atoms with van der Waals surface area (Å²) < 4.78 is 2.08. The number of amides is 1. The van der Waals surface area contributed by atoms with Gasteiger partial charge in [-0.2, -0.15) is 0 Å².